The number of nitrogens with one attached hydrogen (secondary N) is 1. The molecule has 0 saturated heterocycles. The summed E-state index contributed by atoms with van der Waals surface area (Å²) < 4.78 is 56.2. The molecule has 0 aliphatic carbocycles. The molecule has 1 N–H and O–H groups in total. The molecule has 26 heavy (non-hydrogen) atoms. The highest BCUT2D eigenvalue weighted by atomic mass is 19.4. The molecule has 0 amide bonds. The first-order chi connectivity index (χ1) is 12.3. The predicted octanol–water partition coefficient (Wildman–Crippen LogP) is 3.48. The molecule has 1 aromatic heterocycles. The molecule has 1 unspecified atom stereocenters. The zero-order chi connectivity index (χ0) is 19.3. The van der Waals surface area contributed by atoms with Crippen LogP contribution in [0.3, 0.4) is 0 Å². The molecule has 5 nitrogen and oxygen atoms in total. The van der Waals surface area contributed by atoms with Gasteiger partial charge in [-0.1, -0.05) is 12.1 Å². The number of nitrogens with zero attached hydrogens (tertiary/aromatic N) is 2. The average molecular weight is 367 g/mol. The molecule has 1 heterocycles. The SMILES string of the molecule is COC(=O)C(CNc1nc(C(F)(F)F)ccc1C#N)c1ccc(F)cc1. The molecule has 2 aromatic rings. The van der Waals surface area contributed by atoms with Gasteiger partial charge >= 0.3 is 12.1 Å². The quantitative estimate of drug-likeness (QED) is 0.647. The lowest BCUT2D eigenvalue weighted by atomic mass is 9.99. The van der Waals surface area contributed by atoms with Crippen molar-refractivity contribution in [3.8, 4) is 6.07 Å². The number of rotatable bonds is 5. The van der Waals surface area contributed by atoms with Crippen molar-refractivity contribution in [2.75, 3.05) is 19.0 Å². The fourth-order valence-electron chi connectivity index (χ4n) is 2.22. The molecule has 0 spiro atoms. The van der Waals surface area contributed by atoms with E-state index in [1.165, 1.54) is 12.1 Å². The van der Waals surface area contributed by atoms with E-state index in [-0.39, 0.29) is 17.9 Å². The van der Waals surface area contributed by atoms with Gasteiger partial charge in [0.15, 0.2) is 0 Å². The van der Waals surface area contributed by atoms with Crippen LogP contribution in [0, 0.1) is 17.1 Å². The van der Waals surface area contributed by atoms with E-state index >= 15 is 0 Å². The van der Waals surface area contributed by atoms with Crippen LogP contribution in [0.15, 0.2) is 36.4 Å². The number of aromatic nitrogens is 1. The molecule has 0 aliphatic heterocycles. The summed E-state index contributed by atoms with van der Waals surface area (Å²) in [6.07, 6.45) is -4.68. The third-order valence-corrected chi connectivity index (χ3v) is 3.54. The number of methoxy groups -OCH3 is 1. The molecule has 136 valence electrons. The number of carbonyl (C=O) groups is 1. The lowest BCUT2D eigenvalue weighted by Crippen LogP contribution is -2.23. The third kappa shape index (κ3) is 4.47. The number of halogens is 4. The largest absolute Gasteiger partial charge is 0.468 e. The summed E-state index contributed by atoms with van der Waals surface area (Å²) in [6, 6.07) is 8.44. The van der Waals surface area contributed by atoms with Gasteiger partial charge in [0.05, 0.1) is 18.6 Å². The number of hydrogen-bond acceptors (Lipinski definition) is 5. The molecule has 0 fully saturated rings. The number of anilines is 1. The summed E-state index contributed by atoms with van der Waals surface area (Å²) >= 11 is 0. The average Bonchev–Trinajstić information content (AvgIpc) is 2.62. The van der Waals surface area contributed by atoms with Gasteiger partial charge in [-0.05, 0) is 29.8 Å². The van der Waals surface area contributed by atoms with Crippen molar-refractivity contribution in [1.82, 2.24) is 4.98 Å². The Morgan fingerprint density at radius 2 is 1.92 bits per heavy atom. The minimum atomic E-state index is -4.68. The van der Waals surface area contributed by atoms with E-state index in [2.05, 4.69) is 15.0 Å². The maximum absolute atomic E-state index is 13.1. The lowest BCUT2D eigenvalue weighted by Gasteiger charge is -2.17. The van der Waals surface area contributed by atoms with Gasteiger partial charge in [0.1, 0.15) is 23.4 Å². The summed E-state index contributed by atoms with van der Waals surface area (Å²) in [5, 5.41) is 11.6. The van der Waals surface area contributed by atoms with Gasteiger partial charge in [0.25, 0.3) is 0 Å². The smallest absolute Gasteiger partial charge is 0.433 e. The van der Waals surface area contributed by atoms with Gasteiger partial charge in [-0.25, -0.2) is 9.37 Å². The number of carbonyl (C=O) groups excluding carboxylic acids is 1. The van der Waals surface area contributed by atoms with Crippen LogP contribution in [0.2, 0.25) is 0 Å². The van der Waals surface area contributed by atoms with E-state index in [0.717, 1.165) is 25.3 Å². The third-order valence-electron chi connectivity index (χ3n) is 3.54. The van der Waals surface area contributed by atoms with E-state index in [0.29, 0.717) is 11.6 Å². The van der Waals surface area contributed by atoms with Crippen LogP contribution >= 0.6 is 0 Å². The molecule has 1 aromatic carbocycles. The molecule has 0 bridgehead atoms. The van der Waals surface area contributed by atoms with Crippen molar-refractivity contribution in [2.45, 2.75) is 12.1 Å². The summed E-state index contributed by atoms with van der Waals surface area (Å²) in [7, 11) is 1.15. The number of nitriles is 1. The van der Waals surface area contributed by atoms with E-state index in [1.807, 2.05) is 0 Å². The normalized spacial score (nSPS) is 12.2. The van der Waals surface area contributed by atoms with Gasteiger partial charge in [0.2, 0.25) is 0 Å². The number of benzene rings is 1. The van der Waals surface area contributed by atoms with Crippen LogP contribution in [-0.4, -0.2) is 24.6 Å². The summed E-state index contributed by atoms with van der Waals surface area (Å²) in [4.78, 5) is 15.4. The van der Waals surface area contributed by atoms with Crippen molar-refractivity contribution >= 4 is 11.8 Å². The molecule has 0 radical (unpaired) electrons. The van der Waals surface area contributed by atoms with Crippen molar-refractivity contribution < 1.29 is 27.1 Å². The minimum absolute atomic E-state index is 0.110. The summed E-state index contributed by atoms with van der Waals surface area (Å²) in [6.45, 7) is -0.193. The van der Waals surface area contributed by atoms with Crippen LogP contribution in [0.4, 0.5) is 23.4 Å². The number of alkyl halides is 3. The minimum Gasteiger partial charge on any atom is -0.468 e. The van der Waals surface area contributed by atoms with Crippen molar-refractivity contribution in [3.63, 3.8) is 0 Å². The highest BCUT2D eigenvalue weighted by Crippen LogP contribution is 2.29. The Hall–Kier alpha value is -3.15. The van der Waals surface area contributed by atoms with Gasteiger partial charge in [-0.3, -0.25) is 4.79 Å². The van der Waals surface area contributed by atoms with Crippen LogP contribution in [0.5, 0.6) is 0 Å². The van der Waals surface area contributed by atoms with E-state index in [4.69, 9.17) is 5.26 Å². The highest BCUT2D eigenvalue weighted by molar-refractivity contribution is 5.79. The standard InChI is InChI=1S/C17H13F4N3O2/c1-26-16(25)13(10-2-5-12(18)6-3-10)9-23-15-11(8-22)4-7-14(24-15)17(19,20)21/h2-7,13H,9H2,1H3,(H,23,24). The Morgan fingerprint density at radius 1 is 1.27 bits per heavy atom. The molecular formula is C17H13F4N3O2. The molecule has 0 saturated carbocycles. The topological polar surface area (TPSA) is 75.0 Å². The Labute approximate surface area is 146 Å². The fourth-order valence-corrected chi connectivity index (χ4v) is 2.22. The van der Waals surface area contributed by atoms with Gasteiger partial charge in [-0.15, -0.1) is 0 Å². The Morgan fingerprint density at radius 3 is 2.46 bits per heavy atom. The van der Waals surface area contributed by atoms with Gasteiger partial charge in [0, 0.05) is 6.54 Å². The van der Waals surface area contributed by atoms with Crippen LogP contribution in [-0.2, 0) is 15.7 Å². The van der Waals surface area contributed by atoms with Crippen LogP contribution in [0.1, 0.15) is 22.7 Å². The number of esters is 1. The maximum Gasteiger partial charge on any atom is 0.433 e. The highest BCUT2D eigenvalue weighted by Gasteiger charge is 2.33. The predicted molar refractivity (Wildman–Crippen MR) is 83.6 cm³/mol. The Balaban J connectivity index is 2.29. The van der Waals surface area contributed by atoms with Crippen molar-refractivity contribution in [1.29, 1.82) is 5.26 Å². The summed E-state index contributed by atoms with van der Waals surface area (Å²) in [5.74, 6) is -2.41. The lowest BCUT2D eigenvalue weighted by molar-refractivity contribution is -0.142. The van der Waals surface area contributed by atoms with Crippen LogP contribution < -0.4 is 5.32 Å². The monoisotopic (exact) mass is 367 g/mol. The molecule has 0 aliphatic rings. The zero-order valence-corrected chi connectivity index (χ0v) is 13.5. The number of pyridine rings is 1. The first-order valence-corrected chi connectivity index (χ1v) is 7.31. The second kappa shape index (κ2) is 7.82. The maximum atomic E-state index is 13.1. The van der Waals surface area contributed by atoms with Crippen LogP contribution in [0.25, 0.3) is 0 Å². The van der Waals surface area contributed by atoms with Gasteiger partial charge < -0.3 is 10.1 Å². The molecule has 1 atom stereocenters. The molecule has 2 rings (SSSR count). The first kappa shape index (κ1) is 19.2. The molecular weight excluding hydrogens is 354 g/mol. The Bertz CT molecular complexity index is 829. The van der Waals surface area contributed by atoms with Crippen molar-refractivity contribution in [2.24, 2.45) is 0 Å². The second-order valence-corrected chi connectivity index (χ2v) is 5.21. The van der Waals surface area contributed by atoms with Gasteiger partial charge in [-0.2, -0.15) is 18.4 Å². The van der Waals surface area contributed by atoms with E-state index in [9.17, 15) is 22.4 Å². The number of hydrogen-bond donors (Lipinski definition) is 1. The number of ether oxygens (including phenoxy) is 1. The molecule has 9 heteroatoms. The first-order valence-electron chi connectivity index (χ1n) is 7.31. The Kier molecular flexibility index (Phi) is 5.77. The summed E-state index contributed by atoms with van der Waals surface area (Å²) in [5.41, 5.74) is -0.882. The second-order valence-electron chi connectivity index (χ2n) is 5.21. The fraction of sp³-hybridized carbons (Fsp3) is 0.235. The zero-order valence-electron chi connectivity index (χ0n) is 13.5. The van der Waals surface area contributed by atoms with Crippen molar-refractivity contribution in [3.05, 3.63) is 59.0 Å². The van der Waals surface area contributed by atoms with E-state index in [1.54, 1.807) is 6.07 Å². The van der Waals surface area contributed by atoms with E-state index < -0.39 is 29.6 Å².